The quantitative estimate of drug-likeness (QED) is 0.826. The van der Waals surface area contributed by atoms with Crippen LogP contribution in [0, 0.1) is 11.3 Å². The summed E-state index contributed by atoms with van der Waals surface area (Å²) >= 11 is 11.7. The lowest BCUT2D eigenvalue weighted by Crippen LogP contribution is -2.45. The molecule has 0 radical (unpaired) electrons. The molecule has 2 N–H and O–H groups in total. The second kappa shape index (κ2) is 5.76. The SMILES string of the molecule is N#CC1CN(S(=O)(=O)c2c(N)cc(Cl)cc2Cl)CCO1. The zero-order chi connectivity index (χ0) is 14.9. The number of hydrogen-bond donors (Lipinski definition) is 1. The molecule has 108 valence electrons. The van der Waals surface area contributed by atoms with Gasteiger partial charge in [0.2, 0.25) is 10.0 Å². The van der Waals surface area contributed by atoms with Gasteiger partial charge in [0.05, 0.1) is 29.9 Å². The highest BCUT2D eigenvalue weighted by molar-refractivity contribution is 7.89. The van der Waals surface area contributed by atoms with Crippen molar-refractivity contribution in [3.05, 3.63) is 22.2 Å². The molecule has 20 heavy (non-hydrogen) atoms. The molecule has 0 saturated carbocycles. The number of hydrogen-bond acceptors (Lipinski definition) is 5. The van der Waals surface area contributed by atoms with Crippen LogP contribution in [0.4, 0.5) is 5.69 Å². The Balaban J connectivity index is 2.43. The lowest BCUT2D eigenvalue weighted by atomic mass is 10.3. The molecular formula is C11H11Cl2N3O3S. The van der Waals surface area contributed by atoms with Crippen LogP contribution in [0.2, 0.25) is 10.0 Å². The monoisotopic (exact) mass is 335 g/mol. The van der Waals surface area contributed by atoms with E-state index < -0.39 is 16.1 Å². The van der Waals surface area contributed by atoms with Crippen molar-refractivity contribution >= 4 is 38.9 Å². The predicted octanol–water partition coefficient (Wildman–Crippen LogP) is 1.49. The van der Waals surface area contributed by atoms with Crippen molar-refractivity contribution in [2.45, 2.75) is 11.0 Å². The number of sulfonamides is 1. The molecule has 0 spiro atoms. The Morgan fingerprint density at radius 3 is 2.75 bits per heavy atom. The van der Waals surface area contributed by atoms with E-state index in [1.807, 2.05) is 6.07 Å². The van der Waals surface area contributed by atoms with Gasteiger partial charge in [-0.2, -0.15) is 9.57 Å². The van der Waals surface area contributed by atoms with E-state index in [9.17, 15) is 8.42 Å². The average Bonchev–Trinajstić information content (AvgIpc) is 2.37. The maximum atomic E-state index is 12.6. The molecule has 0 aliphatic carbocycles. The number of ether oxygens (including phenoxy) is 1. The Bertz CT molecular complexity index is 649. The van der Waals surface area contributed by atoms with Gasteiger partial charge >= 0.3 is 0 Å². The molecule has 2 rings (SSSR count). The Morgan fingerprint density at radius 2 is 2.15 bits per heavy atom. The number of morpholine rings is 1. The maximum absolute atomic E-state index is 12.6. The molecule has 0 amide bonds. The summed E-state index contributed by atoms with van der Waals surface area (Å²) in [4.78, 5) is -0.192. The highest BCUT2D eigenvalue weighted by atomic mass is 35.5. The van der Waals surface area contributed by atoms with Gasteiger partial charge in [-0.15, -0.1) is 0 Å². The highest BCUT2D eigenvalue weighted by Crippen LogP contribution is 2.33. The predicted molar refractivity (Wildman–Crippen MR) is 75.0 cm³/mol. The van der Waals surface area contributed by atoms with E-state index in [1.54, 1.807) is 0 Å². The van der Waals surface area contributed by atoms with E-state index in [4.69, 9.17) is 38.9 Å². The van der Waals surface area contributed by atoms with Gasteiger partial charge in [0.25, 0.3) is 0 Å². The zero-order valence-corrected chi connectivity index (χ0v) is 12.5. The van der Waals surface area contributed by atoms with Crippen LogP contribution in [0.15, 0.2) is 17.0 Å². The number of rotatable bonds is 2. The van der Waals surface area contributed by atoms with Crippen LogP contribution < -0.4 is 5.73 Å². The molecule has 1 atom stereocenters. The van der Waals surface area contributed by atoms with E-state index in [-0.39, 0.29) is 40.3 Å². The third kappa shape index (κ3) is 2.85. The Hall–Kier alpha value is -1.04. The minimum absolute atomic E-state index is 0.0255. The second-order valence-corrected chi connectivity index (χ2v) is 6.88. The van der Waals surface area contributed by atoms with Crippen molar-refractivity contribution in [2.24, 2.45) is 0 Å². The highest BCUT2D eigenvalue weighted by Gasteiger charge is 2.33. The van der Waals surface area contributed by atoms with Crippen molar-refractivity contribution in [3.63, 3.8) is 0 Å². The molecule has 1 aromatic rings. The molecule has 0 bridgehead atoms. The molecule has 1 aliphatic heterocycles. The van der Waals surface area contributed by atoms with Crippen LogP contribution in [0.5, 0.6) is 0 Å². The third-order valence-electron chi connectivity index (χ3n) is 2.81. The minimum Gasteiger partial charge on any atom is -0.398 e. The molecule has 0 aromatic heterocycles. The van der Waals surface area contributed by atoms with Crippen LogP contribution in [-0.2, 0) is 14.8 Å². The van der Waals surface area contributed by atoms with Crippen molar-refractivity contribution in [1.29, 1.82) is 5.26 Å². The van der Waals surface area contributed by atoms with Crippen molar-refractivity contribution < 1.29 is 13.2 Å². The Kier molecular flexibility index (Phi) is 4.42. The molecule has 1 fully saturated rings. The fourth-order valence-electron chi connectivity index (χ4n) is 1.90. The summed E-state index contributed by atoms with van der Waals surface area (Å²) in [5.74, 6) is 0. The molecule has 1 heterocycles. The summed E-state index contributed by atoms with van der Waals surface area (Å²) in [6, 6.07) is 4.52. The molecule has 1 aromatic carbocycles. The number of nitrogen functional groups attached to an aromatic ring is 1. The maximum Gasteiger partial charge on any atom is 0.246 e. The number of anilines is 1. The number of nitrogens with two attached hydrogens (primary N) is 1. The van der Waals surface area contributed by atoms with Gasteiger partial charge in [-0.1, -0.05) is 23.2 Å². The number of halogens is 2. The average molecular weight is 336 g/mol. The van der Waals surface area contributed by atoms with Gasteiger partial charge < -0.3 is 10.5 Å². The second-order valence-electron chi connectivity index (χ2n) is 4.16. The van der Waals surface area contributed by atoms with Gasteiger partial charge in [0, 0.05) is 11.6 Å². The van der Waals surface area contributed by atoms with E-state index in [0.717, 1.165) is 4.31 Å². The summed E-state index contributed by atoms with van der Waals surface area (Å²) in [6.07, 6.45) is -0.800. The standard InChI is InChI=1S/C11H11Cl2N3O3S/c12-7-3-9(13)11(10(15)4-7)20(17,18)16-1-2-19-8(5-14)6-16/h3-4,8H,1-2,6,15H2. The van der Waals surface area contributed by atoms with Gasteiger partial charge in [0.1, 0.15) is 4.90 Å². The van der Waals surface area contributed by atoms with Crippen molar-refractivity contribution in [1.82, 2.24) is 4.31 Å². The molecule has 1 saturated heterocycles. The van der Waals surface area contributed by atoms with E-state index >= 15 is 0 Å². The summed E-state index contributed by atoms with van der Waals surface area (Å²) in [6.45, 7) is 0.221. The van der Waals surface area contributed by atoms with Crippen LogP contribution in [-0.4, -0.2) is 38.5 Å². The van der Waals surface area contributed by atoms with Crippen LogP contribution in [0.3, 0.4) is 0 Å². The first-order valence-corrected chi connectivity index (χ1v) is 7.81. The first kappa shape index (κ1) is 15.4. The van der Waals surface area contributed by atoms with Gasteiger partial charge in [0.15, 0.2) is 6.10 Å². The number of nitriles is 1. The molecular weight excluding hydrogens is 325 g/mol. The fraction of sp³-hybridized carbons (Fsp3) is 0.364. The van der Waals surface area contributed by atoms with Crippen LogP contribution in [0.25, 0.3) is 0 Å². The summed E-state index contributed by atoms with van der Waals surface area (Å²) < 4.78 is 31.4. The first-order valence-electron chi connectivity index (χ1n) is 5.62. The lowest BCUT2D eigenvalue weighted by molar-refractivity contribution is 0.0311. The smallest absolute Gasteiger partial charge is 0.246 e. The Morgan fingerprint density at radius 1 is 1.45 bits per heavy atom. The normalized spacial score (nSPS) is 20.6. The van der Waals surface area contributed by atoms with Gasteiger partial charge in [-0.3, -0.25) is 0 Å². The van der Waals surface area contributed by atoms with E-state index in [2.05, 4.69) is 0 Å². The van der Waals surface area contributed by atoms with Crippen LogP contribution in [0.1, 0.15) is 0 Å². The fourth-order valence-corrected chi connectivity index (χ4v) is 4.27. The minimum atomic E-state index is -3.90. The number of benzene rings is 1. The molecule has 6 nitrogen and oxygen atoms in total. The topological polar surface area (TPSA) is 96.4 Å². The Labute approximate surface area is 126 Å². The summed E-state index contributed by atoms with van der Waals surface area (Å²) in [5, 5.41) is 9.03. The third-order valence-corrected chi connectivity index (χ3v) is 5.42. The summed E-state index contributed by atoms with van der Waals surface area (Å²) in [7, 11) is -3.90. The molecule has 1 aliphatic rings. The molecule has 9 heteroatoms. The lowest BCUT2D eigenvalue weighted by Gasteiger charge is -2.29. The van der Waals surface area contributed by atoms with E-state index in [0.29, 0.717) is 0 Å². The van der Waals surface area contributed by atoms with Crippen molar-refractivity contribution in [3.8, 4) is 6.07 Å². The zero-order valence-electron chi connectivity index (χ0n) is 10.2. The first-order chi connectivity index (χ1) is 9.36. The van der Waals surface area contributed by atoms with E-state index in [1.165, 1.54) is 12.1 Å². The largest absolute Gasteiger partial charge is 0.398 e. The van der Waals surface area contributed by atoms with Crippen molar-refractivity contribution in [2.75, 3.05) is 25.4 Å². The van der Waals surface area contributed by atoms with Gasteiger partial charge in [-0.05, 0) is 12.1 Å². The number of nitrogens with zero attached hydrogens (tertiary/aromatic N) is 2. The summed E-state index contributed by atoms with van der Waals surface area (Å²) in [5.41, 5.74) is 5.69. The van der Waals surface area contributed by atoms with Gasteiger partial charge in [-0.25, -0.2) is 8.42 Å². The van der Waals surface area contributed by atoms with Crippen LogP contribution >= 0.6 is 23.2 Å². The molecule has 1 unspecified atom stereocenters.